The van der Waals surface area contributed by atoms with Crippen molar-refractivity contribution in [2.24, 2.45) is 0 Å². The second kappa shape index (κ2) is 4.62. The normalized spacial score (nSPS) is 21.4. The molecule has 0 radical (unpaired) electrons. The molecule has 1 atom stereocenters. The van der Waals surface area contributed by atoms with Crippen molar-refractivity contribution >= 4 is 18.0 Å². The standard InChI is InChI=1S/C11H13ClN2O/c12-11-9(4-3-6-13-11)10-5-1-2-7-14(10)8-15/h3-4,6,8,10H,1-2,5,7H2/t10-/m0/s1. The fourth-order valence-corrected chi connectivity index (χ4v) is 2.31. The van der Waals surface area contributed by atoms with Gasteiger partial charge in [0, 0.05) is 18.3 Å². The number of piperidine rings is 1. The van der Waals surface area contributed by atoms with Crippen molar-refractivity contribution in [2.75, 3.05) is 6.54 Å². The molecule has 0 aromatic carbocycles. The van der Waals surface area contributed by atoms with Crippen molar-refractivity contribution in [1.29, 1.82) is 0 Å². The number of likely N-dealkylation sites (tertiary alicyclic amines) is 1. The van der Waals surface area contributed by atoms with E-state index >= 15 is 0 Å². The molecular weight excluding hydrogens is 212 g/mol. The van der Waals surface area contributed by atoms with Crippen molar-refractivity contribution in [3.8, 4) is 0 Å². The van der Waals surface area contributed by atoms with E-state index in [4.69, 9.17) is 11.6 Å². The van der Waals surface area contributed by atoms with Gasteiger partial charge in [0.1, 0.15) is 5.15 Å². The van der Waals surface area contributed by atoms with Crippen molar-refractivity contribution in [2.45, 2.75) is 25.3 Å². The van der Waals surface area contributed by atoms with Crippen LogP contribution < -0.4 is 0 Å². The van der Waals surface area contributed by atoms with E-state index in [-0.39, 0.29) is 6.04 Å². The van der Waals surface area contributed by atoms with E-state index in [2.05, 4.69) is 4.98 Å². The summed E-state index contributed by atoms with van der Waals surface area (Å²) in [7, 11) is 0. The molecule has 3 nitrogen and oxygen atoms in total. The Morgan fingerprint density at radius 3 is 3.13 bits per heavy atom. The molecule has 1 aliphatic heterocycles. The van der Waals surface area contributed by atoms with Crippen LogP contribution in [-0.2, 0) is 4.79 Å². The molecule has 2 heterocycles. The molecule has 4 heteroatoms. The molecule has 1 amide bonds. The van der Waals surface area contributed by atoms with E-state index in [1.165, 1.54) is 0 Å². The van der Waals surface area contributed by atoms with E-state index in [1.807, 2.05) is 17.0 Å². The summed E-state index contributed by atoms with van der Waals surface area (Å²) < 4.78 is 0. The number of carbonyl (C=O) groups excluding carboxylic acids is 1. The molecule has 1 saturated heterocycles. The van der Waals surface area contributed by atoms with E-state index in [9.17, 15) is 4.79 Å². The predicted molar refractivity (Wildman–Crippen MR) is 58.6 cm³/mol. The average molecular weight is 225 g/mol. The number of nitrogens with zero attached hydrogens (tertiary/aromatic N) is 2. The Balaban J connectivity index is 2.28. The van der Waals surface area contributed by atoms with Gasteiger partial charge in [-0.2, -0.15) is 0 Å². The molecule has 1 aliphatic rings. The van der Waals surface area contributed by atoms with Gasteiger partial charge in [0.15, 0.2) is 0 Å². The van der Waals surface area contributed by atoms with Crippen LogP contribution in [0.5, 0.6) is 0 Å². The second-order valence-electron chi connectivity index (χ2n) is 3.74. The highest BCUT2D eigenvalue weighted by Gasteiger charge is 2.24. The molecular formula is C11H13ClN2O. The molecule has 0 spiro atoms. The Labute approximate surface area is 94.1 Å². The third-order valence-corrected chi connectivity index (χ3v) is 3.14. The maximum Gasteiger partial charge on any atom is 0.210 e. The van der Waals surface area contributed by atoms with Crippen molar-refractivity contribution in [3.63, 3.8) is 0 Å². The largest absolute Gasteiger partial charge is 0.338 e. The molecule has 2 rings (SSSR count). The summed E-state index contributed by atoms with van der Waals surface area (Å²) in [5.74, 6) is 0. The first kappa shape index (κ1) is 10.4. The van der Waals surface area contributed by atoms with Gasteiger partial charge in [0.05, 0.1) is 6.04 Å². The zero-order chi connectivity index (χ0) is 10.7. The number of carbonyl (C=O) groups is 1. The van der Waals surface area contributed by atoms with Crippen molar-refractivity contribution in [3.05, 3.63) is 29.0 Å². The first-order chi connectivity index (χ1) is 7.33. The molecule has 1 fully saturated rings. The van der Waals surface area contributed by atoms with Gasteiger partial charge in [-0.15, -0.1) is 0 Å². The second-order valence-corrected chi connectivity index (χ2v) is 4.10. The summed E-state index contributed by atoms with van der Waals surface area (Å²) in [5.41, 5.74) is 0.964. The van der Waals surface area contributed by atoms with Crippen LogP contribution in [0.25, 0.3) is 0 Å². The van der Waals surface area contributed by atoms with Gasteiger partial charge in [-0.3, -0.25) is 4.79 Å². The molecule has 80 valence electrons. The minimum absolute atomic E-state index is 0.109. The number of halogens is 1. The predicted octanol–water partition coefficient (Wildman–Crippen LogP) is 2.42. The summed E-state index contributed by atoms with van der Waals surface area (Å²) in [5, 5.41) is 0.510. The summed E-state index contributed by atoms with van der Waals surface area (Å²) in [6, 6.07) is 3.91. The van der Waals surface area contributed by atoms with E-state index in [0.29, 0.717) is 5.15 Å². The summed E-state index contributed by atoms with van der Waals surface area (Å²) in [6.07, 6.45) is 5.77. The number of rotatable bonds is 2. The van der Waals surface area contributed by atoms with Gasteiger partial charge >= 0.3 is 0 Å². The molecule has 1 aromatic heterocycles. The third kappa shape index (κ3) is 2.12. The van der Waals surface area contributed by atoms with E-state index in [1.54, 1.807) is 6.20 Å². The van der Waals surface area contributed by atoms with Gasteiger partial charge in [0.2, 0.25) is 6.41 Å². The highest BCUT2D eigenvalue weighted by Crippen LogP contribution is 2.32. The SMILES string of the molecule is O=CN1CCCC[C@H]1c1cccnc1Cl. The molecule has 1 aromatic rings. The van der Waals surface area contributed by atoms with Crippen LogP contribution in [0.1, 0.15) is 30.9 Å². The number of hydrogen-bond donors (Lipinski definition) is 0. The minimum Gasteiger partial charge on any atom is -0.338 e. The molecule has 0 saturated carbocycles. The van der Waals surface area contributed by atoms with Crippen LogP contribution in [0.4, 0.5) is 0 Å². The van der Waals surface area contributed by atoms with Crippen LogP contribution in [-0.4, -0.2) is 22.8 Å². The van der Waals surface area contributed by atoms with Gasteiger partial charge in [0.25, 0.3) is 0 Å². The van der Waals surface area contributed by atoms with Crippen LogP contribution >= 0.6 is 11.6 Å². The lowest BCUT2D eigenvalue weighted by molar-refractivity contribution is -0.121. The zero-order valence-electron chi connectivity index (χ0n) is 8.40. The Morgan fingerprint density at radius 2 is 2.40 bits per heavy atom. The summed E-state index contributed by atoms with van der Waals surface area (Å²) in [6.45, 7) is 0.819. The lowest BCUT2D eigenvalue weighted by Crippen LogP contribution is -2.32. The number of amides is 1. The first-order valence-electron chi connectivity index (χ1n) is 5.14. The van der Waals surface area contributed by atoms with Crippen LogP contribution in [0.3, 0.4) is 0 Å². The zero-order valence-corrected chi connectivity index (χ0v) is 9.15. The van der Waals surface area contributed by atoms with Gasteiger partial charge < -0.3 is 4.90 Å². The van der Waals surface area contributed by atoms with Gasteiger partial charge in [-0.1, -0.05) is 17.7 Å². The molecule has 0 aliphatic carbocycles. The maximum atomic E-state index is 10.9. The Hall–Kier alpha value is -1.09. The number of aromatic nitrogens is 1. The van der Waals surface area contributed by atoms with Crippen LogP contribution in [0, 0.1) is 0 Å². The molecule has 0 bridgehead atoms. The van der Waals surface area contributed by atoms with Crippen molar-refractivity contribution in [1.82, 2.24) is 9.88 Å². The van der Waals surface area contributed by atoms with Gasteiger partial charge in [-0.05, 0) is 25.3 Å². The monoisotopic (exact) mass is 224 g/mol. The van der Waals surface area contributed by atoms with E-state index < -0.39 is 0 Å². The number of hydrogen-bond acceptors (Lipinski definition) is 2. The van der Waals surface area contributed by atoms with Crippen molar-refractivity contribution < 1.29 is 4.79 Å². The van der Waals surface area contributed by atoms with Gasteiger partial charge in [-0.25, -0.2) is 4.98 Å². The third-order valence-electron chi connectivity index (χ3n) is 2.83. The first-order valence-corrected chi connectivity index (χ1v) is 5.52. The highest BCUT2D eigenvalue weighted by molar-refractivity contribution is 6.30. The fourth-order valence-electron chi connectivity index (χ4n) is 2.06. The fraction of sp³-hybridized carbons (Fsp3) is 0.455. The average Bonchev–Trinajstić information content (AvgIpc) is 2.30. The smallest absolute Gasteiger partial charge is 0.210 e. The summed E-state index contributed by atoms with van der Waals surface area (Å²) in [4.78, 5) is 16.8. The molecule has 15 heavy (non-hydrogen) atoms. The Morgan fingerprint density at radius 1 is 1.53 bits per heavy atom. The highest BCUT2D eigenvalue weighted by atomic mass is 35.5. The van der Waals surface area contributed by atoms with E-state index in [0.717, 1.165) is 37.8 Å². The molecule has 0 unspecified atom stereocenters. The maximum absolute atomic E-state index is 10.9. The minimum atomic E-state index is 0.109. The number of pyridine rings is 1. The lowest BCUT2D eigenvalue weighted by atomic mass is 9.97. The summed E-state index contributed by atoms with van der Waals surface area (Å²) >= 11 is 6.03. The Bertz CT molecular complexity index is 356. The Kier molecular flexibility index (Phi) is 3.21. The van der Waals surface area contributed by atoms with Crippen LogP contribution in [0.15, 0.2) is 18.3 Å². The topological polar surface area (TPSA) is 33.2 Å². The quantitative estimate of drug-likeness (QED) is 0.571. The van der Waals surface area contributed by atoms with Crippen LogP contribution in [0.2, 0.25) is 5.15 Å². The molecule has 0 N–H and O–H groups in total. The lowest BCUT2D eigenvalue weighted by Gasteiger charge is -2.33.